The van der Waals surface area contributed by atoms with Crippen molar-refractivity contribution in [3.8, 4) is 5.75 Å². The number of ether oxygens (including phenoxy) is 1. The summed E-state index contributed by atoms with van der Waals surface area (Å²) in [5, 5.41) is 3.10. The Morgan fingerprint density at radius 2 is 2.21 bits per heavy atom. The van der Waals surface area contributed by atoms with Crippen LogP contribution in [0, 0.1) is 11.6 Å². The van der Waals surface area contributed by atoms with Crippen LogP contribution in [0.3, 0.4) is 0 Å². The molecule has 1 heterocycles. The summed E-state index contributed by atoms with van der Waals surface area (Å²) in [5.41, 5.74) is 0. The van der Waals surface area contributed by atoms with E-state index in [1.54, 1.807) is 0 Å². The van der Waals surface area contributed by atoms with Crippen molar-refractivity contribution in [2.24, 2.45) is 0 Å². The van der Waals surface area contributed by atoms with Gasteiger partial charge in [-0.3, -0.25) is 0 Å². The zero-order valence-electron chi connectivity index (χ0n) is 7.59. The highest BCUT2D eigenvalue weighted by Gasteiger charge is 2.17. The van der Waals surface area contributed by atoms with E-state index in [-0.39, 0.29) is 11.9 Å². The Hall–Kier alpha value is -1.16. The standard InChI is InChI=1S/C10H11F2NO/c11-7-1-2-10(9(12)5-7)14-8-3-4-13-6-8/h1-2,5,8,13H,3-4,6H2/t8-/m1/s1. The van der Waals surface area contributed by atoms with Gasteiger partial charge in [0.15, 0.2) is 11.6 Å². The fraction of sp³-hybridized carbons (Fsp3) is 0.400. The monoisotopic (exact) mass is 199 g/mol. The summed E-state index contributed by atoms with van der Waals surface area (Å²) < 4.78 is 31.0. The number of rotatable bonds is 2. The van der Waals surface area contributed by atoms with Crippen LogP contribution in [0.4, 0.5) is 8.78 Å². The SMILES string of the molecule is Fc1ccc(O[C@@H]2CCNC2)c(F)c1. The van der Waals surface area contributed by atoms with E-state index in [2.05, 4.69) is 5.32 Å². The largest absolute Gasteiger partial charge is 0.486 e. The maximum absolute atomic E-state index is 13.1. The maximum atomic E-state index is 13.1. The molecular formula is C10H11F2NO. The Morgan fingerprint density at radius 1 is 1.36 bits per heavy atom. The summed E-state index contributed by atoms with van der Waals surface area (Å²) in [6.45, 7) is 1.60. The highest BCUT2D eigenvalue weighted by Crippen LogP contribution is 2.20. The number of halogens is 2. The summed E-state index contributed by atoms with van der Waals surface area (Å²) in [6.07, 6.45) is 0.853. The van der Waals surface area contributed by atoms with Crippen molar-refractivity contribution in [2.75, 3.05) is 13.1 Å². The van der Waals surface area contributed by atoms with Gasteiger partial charge in [-0.25, -0.2) is 8.78 Å². The van der Waals surface area contributed by atoms with E-state index in [4.69, 9.17) is 4.74 Å². The zero-order chi connectivity index (χ0) is 9.97. The molecule has 14 heavy (non-hydrogen) atoms. The van der Waals surface area contributed by atoms with Crippen LogP contribution in [0.1, 0.15) is 6.42 Å². The highest BCUT2D eigenvalue weighted by molar-refractivity contribution is 5.25. The smallest absolute Gasteiger partial charge is 0.167 e. The molecule has 76 valence electrons. The normalized spacial score (nSPS) is 21.1. The van der Waals surface area contributed by atoms with Crippen LogP contribution in [-0.2, 0) is 0 Å². The van der Waals surface area contributed by atoms with Crippen molar-refractivity contribution < 1.29 is 13.5 Å². The third-order valence-electron chi connectivity index (χ3n) is 2.20. The Kier molecular flexibility index (Phi) is 2.63. The van der Waals surface area contributed by atoms with E-state index in [0.717, 1.165) is 25.6 Å². The number of hydrogen-bond acceptors (Lipinski definition) is 2. The lowest BCUT2D eigenvalue weighted by molar-refractivity contribution is 0.212. The predicted octanol–water partition coefficient (Wildman–Crippen LogP) is 1.71. The van der Waals surface area contributed by atoms with Gasteiger partial charge in [0.25, 0.3) is 0 Å². The van der Waals surface area contributed by atoms with Gasteiger partial charge in [-0.1, -0.05) is 0 Å². The first-order valence-electron chi connectivity index (χ1n) is 4.58. The molecule has 0 spiro atoms. The molecule has 0 aliphatic carbocycles. The van der Waals surface area contributed by atoms with Crippen molar-refractivity contribution in [1.82, 2.24) is 5.32 Å². The van der Waals surface area contributed by atoms with E-state index in [1.165, 1.54) is 12.1 Å². The first-order chi connectivity index (χ1) is 6.75. The van der Waals surface area contributed by atoms with E-state index < -0.39 is 11.6 Å². The second-order valence-electron chi connectivity index (χ2n) is 3.31. The Morgan fingerprint density at radius 3 is 2.86 bits per heavy atom. The van der Waals surface area contributed by atoms with Gasteiger partial charge >= 0.3 is 0 Å². The molecule has 0 unspecified atom stereocenters. The van der Waals surface area contributed by atoms with Gasteiger partial charge < -0.3 is 10.1 Å². The molecule has 1 N–H and O–H groups in total. The Balaban J connectivity index is 2.08. The van der Waals surface area contributed by atoms with Crippen LogP contribution in [-0.4, -0.2) is 19.2 Å². The van der Waals surface area contributed by atoms with Crippen molar-refractivity contribution in [3.63, 3.8) is 0 Å². The second kappa shape index (κ2) is 3.92. The topological polar surface area (TPSA) is 21.3 Å². The van der Waals surface area contributed by atoms with Gasteiger partial charge in [0.1, 0.15) is 11.9 Å². The average Bonchev–Trinajstić information content (AvgIpc) is 2.62. The molecule has 2 rings (SSSR count). The van der Waals surface area contributed by atoms with Gasteiger partial charge in [0.05, 0.1) is 0 Å². The lowest BCUT2D eigenvalue weighted by atomic mass is 10.3. The minimum Gasteiger partial charge on any atom is -0.486 e. The minimum atomic E-state index is -0.642. The van der Waals surface area contributed by atoms with Gasteiger partial charge in [-0.15, -0.1) is 0 Å². The fourth-order valence-corrected chi connectivity index (χ4v) is 1.48. The van der Waals surface area contributed by atoms with Crippen LogP contribution in [0.15, 0.2) is 18.2 Å². The van der Waals surface area contributed by atoms with Gasteiger partial charge in [-0.2, -0.15) is 0 Å². The Labute approximate surface area is 80.9 Å². The van der Waals surface area contributed by atoms with Crippen molar-refractivity contribution >= 4 is 0 Å². The fourth-order valence-electron chi connectivity index (χ4n) is 1.48. The molecule has 1 aliphatic rings. The summed E-state index contributed by atoms with van der Waals surface area (Å²) in [4.78, 5) is 0. The highest BCUT2D eigenvalue weighted by atomic mass is 19.1. The van der Waals surface area contributed by atoms with Gasteiger partial charge in [0.2, 0.25) is 0 Å². The average molecular weight is 199 g/mol. The molecule has 0 amide bonds. The molecule has 0 aromatic heterocycles. The summed E-state index contributed by atoms with van der Waals surface area (Å²) >= 11 is 0. The molecule has 1 aromatic carbocycles. The van der Waals surface area contributed by atoms with E-state index in [1.807, 2.05) is 0 Å². The number of hydrogen-bond donors (Lipinski definition) is 1. The second-order valence-corrected chi connectivity index (χ2v) is 3.31. The van der Waals surface area contributed by atoms with Crippen LogP contribution in [0.5, 0.6) is 5.75 Å². The lowest BCUT2D eigenvalue weighted by Crippen LogP contribution is -2.20. The first kappa shape index (κ1) is 9.40. The summed E-state index contributed by atoms with van der Waals surface area (Å²) in [5.74, 6) is -1.10. The summed E-state index contributed by atoms with van der Waals surface area (Å²) in [7, 11) is 0. The molecule has 1 aliphatic heterocycles. The van der Waals surface area contributed by atoms with Crippen LogP contribution in [0.2, 0.25) is 0 Å². The van der Waals surface area contributed by atoms with Crippen molar-refractivity contribution in [3.05, 3.63) is 29.8 Å². The molecule has 1 atom stereocenters. The molecule has 1 fully saturated rings. The molecule has 4 heteroatoms. The first-order valence-corrected chi connectivity index (χ1v) is 4.58. The third kappa shape index (κ3) is 2.01. The lowest BCUT2D eigenvalue weighted by Gasteiger charge is -2.12. The van der Waals surface area contributed by atoms with Crippen LogP contribution in [0.25, 0.3) is 0 Å². The van der Waals surface area contributed by atoms with Crippen molar-refractivity contribution in [1.29, 1.82) is 0 Å². The zero-order valence-corrected chi connectivity index (χ0v) is 7.59. The van der Waals surface area contributed by atoms with E-state index >= 15 is 0 Å². The van der Waals surface area contributed by atoms with Crippen LogP contribution < -0.4 is 10.1 Å². The molecule has 0 radical (unpaired) electrons. The maximum Gasteiger partial charge on any atom is 0.167 e. The Bertz CT molecular complexity index is 324. The predicted molar refractivity (Wildman–Crippen MR) is 48.3 cm³/mol. The molecule has 0 bridgehead atoms. The van der Waals surface area contributed by atoms with E-state index in [9.17, 15) is 8.78 Å². The summed E-state index contributed by atoms with van der Waals surface area (Å²) in [6, 6.07) is 3.35. The van der Waals surface area contributed by atoms with Gasteiger partial charge in [-0.05, 0) is 25.1 Å². The molecular weight excluding hydrogens is 188 g/mol. The molecule has 0 saturated carbocycles. The molecule has 1 aromatic rings. The number of benzene rings is 1. The quantitative estimate of drug-likeness (QED) is 0.782. The number of nitrogens with one attached hydrogen (secondary N) is 1. The third-order valence-corrected chi connectivity index (χ3v) is 2.20. The minimum absolute atomic E-state index is 0.00467. The van der Waals surface area contributed by atoms with Crippen molar-refractivity contribution in [2.45, 2.75) is 12.5 Å². The van der Waals surface area contributed by atoms with Gasteiger partial charge in [0, 0.05) is 12.6 Å². The van der Waals surface area contributed by atoms with E-state index in [0.29, 0.717) is 0 Å². The molecule has 1 saturated heterocycles. The molecule has 2 nitrogen and oxygen atoms in total. The van der Waals surface area contributed by atoms with Crippen LogP contribution >= 0.6 is 0 Å².